The highest BCUT2D eigenvalue weighted by Crippen LogP contribution is 2.31. The average Bonchev–Trinajstić information content (AvgIpc) is 2.95. The molecule has 0 aliphatic carbocycles. The summed E-state index contributed by atoms with van der Waals surface area (Å²) in [7, 11) is 3.22. The Hall–Kier alpha value is -4.57. The number of allylic oxidation sites excluding steroid dienone is 1. The van der Waals surface area contributed by atoms with E-state index in [-0.39, 0.29) is 5.78 Å². The van der Waals surface area contributed by atoms with Gasteiger partial charge >= 0.3 is 0 Å². The lowest BCUT2D eigenvalue weighted by molar-refractivity contribution is 0.104. The van der Waals surface area contributed by atoms with E-state index in [0.717, 1.165) is 28.0 Å². The Labute approximate surface area is 212 Å². The smallest absolute Gasteiger partial charge is 0.185 e. The standard InChI is InChI=1S/C32H28O4/c1-34-29-21-27(30(32(22-29)35-2)19-20-31(33)26-11-7-4-8-12-26)16-13-24-14-17-28(18-15-24)36-23-25-9-5-3-6-10-25/h3-22H,23H2,1-2H3/b16-13+,20-19+. The first-order valence-electron chi connectivity index (χ1n) is 11.6. The van der Waals surface area contributed by atoms with Crippen molar-refractivity contribution in [2.24, 2.45) is 0 Å². The van der Waals surface area contributed by atoms with Crippen molar-refractivity contribution in [1.82, 2.24) is 0 Å². The van der Waals surface area contributed by atoms with Crippen LogP contribution in [-0.4, -0.2) is 20.0 Å². The van der Waals surface area contributed by atoms with Crippen molar-refractivity contribution in [3.63, 3.8) is 0 Å². The van der Waals surface area contributed by atoms with E-state index in [9.17, 15) is 4.79 Å². The highest BCUT2D eigenvalue weighted by atomic mass is 16.5. The Kier molecular flexibility index (Phi) is 8.34. The molecule has 0 unspecified atom stereocenters. The number of hydrogen-bond donors (Lipinski definition) is 0. The second kappa shape index (κ2) is 12.2. The molecule has 0 spiro atoms. The number of ether oxygens (including phenoxy) is 3. The first kappa shape index (κ1) is 24.6. The molecule has 180 valence electrons. The molecule has 0 N–H and O–H groups in total. The molecular formula is C32H28O4. The predicted octanol–water partition coefficient (Wildman–Crippen LogP) is 7.35. The molecule has 36 heavy (non-hydrogen) atoms. The maximum absolute atomic E-state index is 12.6. The summed E-state index contributed by atoms with van der Waals surface area (Å²) in [4.78, 5) is 12.6. The van der Waals surface area contributed by atoms with Crippen molar-refractivity contribution in [3.05, 3.63) is 131 Å². The van der Waals surface area contributed by atoms with Gasteiger partial charge in [-0.2, -0.15) is 0 Å². The zero-order valence-corrected chi connectivity index (χ0v) is 20.4. The second-order valence-electron chi connectivity index (χ2n) is 8.07. The summed E-state index contributed by atoms with van der Waals surface area (Å²) in [5.74, 6) is 2.02. The number of benzene rings is 4. The molecule has 0 bridgehead atoms. The first-order chi connectivity index (χ1) is 17.7. The van der Waals surface area contributed by atoms with Gasteiger partial charge in [0, 0.05) is 17.2 Å². The molecule has 0 aliphatic rings. The third-order valence-corrected chi connectivity index (χ3v) is 5.65. The van der Waals surface area contributed by atoms with Gasteiger partial charge in [0.25, 0.3) is 0 Å². The summed E-state index contributed by atoms with van der Waals surface area (Å²) < 4.78 is 16.9. The number of ketones is 1. The number of carbonyl (C=O) groups is 1. The van der Waals surface area contributed by atoms with Crippen molar-refractivity contribution < 1.29 is 19.0 Å². The summed E-state index contributed by atoms with van der Waals surface area (Å²) in [6.45, 7) is 0.525. The molecule has 0 fully saturated rings. The fourth-order valence-electron chi connectivity index (χ4n) is 3.68. The summed E-state index contributed by atoms with van der Waals surface area (Å²) in [5, 5.41) is 0. The third-order valence-electron chi connectivity index (χ3n) is 5.65. The van der Waals surface area contributed by atoms with Crippen molar-refractivity contribution in [1.29, 1.82) is 0 Å². The minimum absolute atomic E-state index is 0.0745. The van der Waals surface area contributed by atoms with Gasteiger partial charge < -0.3 is 14.2 Å². The van der Waals surface area contributed by atoms with Gasteiger partial charge in [-0.1, -0.05) is 84.9 Å². The van der Waals surface area contributed by atoms with E-state index in [4.69, 9.17) is 14.2 Å². The van der Waals surface area contributed by atoms with Crippen molar-refractivity contribution >= 4 is 24.0 Å². The van der Waals surface area contributed by atoms with E-state index < -0.39 is 0 Å². The monoisotopic (exact) mass is 476 g/mol. The fraction of sp³-hybridized carbons (Fsp3) is 0.0938. The Morgan fingerprint density at radius 1 is 0.722 bits per heavy atom. The molecule has 4 rings (SSSR count). The molecular weight excluding hydrogens is 448 g/mol. The first-order valence-corrected chi connectivity index (χ1v) is 11.6. The molecule has 0 heterocycles. The predicted molar refractivity (Wildman–Crippen MR) is 145 cm³/mol. The van der Waals surface area contributed by atoms with Crippen LogP contribution in [0.2, 0.25) is 0 Å². The average molecular weight is 477 g/mol. The molecule has 0 saturated heterocycles. The van der Waals surface area contributed by atoms with Crippen LogP contribution < -0.4 is 14.2 Å². The van der Waals surface area contributed by atoms with Gasteiger partial charge in [-0.3, -0.25) is 4.79 Å². The van der Waals surface area contributed by atoms with Crippen LogP contribution in [0.4, 0.5) is 0 Å². The van der Waals surface area contributed by atoms with Crippen LogP contribution in [0.1, 0.15) is 32.6 Å². The largest absolute Gasteiger partial charge is 0.497 e. The normalized spacial score (nSPS) is 11.1. The zero-order valence-electron chi connectivity index (χ0n) is 20.4. The van der Waals surface area contributed by atoms with Crippen LogP contribution in [0.25, 0.3) is 18.2 Å². The van der Waals surface area contributed by atoms with Gasteiger partial charge in [0.1, 0.15) is 23.9 Å². The second-order valence-corrected chi connectivity index (χ2v) is 8.07. The lowest BCUT2D eigenvalue weighted by Gasteiger charge is -2.12. The third kappa shape index (κ3) is 6.51. The molecule has 0 aliphatic heterocycles. The summed E-state index contributed by atoms with van der Waals surface area (Å²) in [5.41, 5.74) is 4.43. The highest BCUT2D eigenvalue weighted by molar-refractivity contribution is 6.07. The van der Waals surface area contributed by atoms with E-state index in [0.29, 0.717) is 23.7 Å². The van der Waals surface area contributed by atoms with Gasteiger partial charge in [0.2, 0.25) is 0 Å². The number of methoxy groups -OCH3 is 2. The molecule has 0 amide bonds. The molecule has 0 saturated carbocycles. The van der Waals surface area contributed by atoms with E-state index in [1.165, 1.54) is 0 Å². The maximum Gasteiger partial charge on any atom is 0.185 e. The Morgan fingerprint density at radius 3 is 2.08 bits per heavy atom. The van der Waals surface area contributed by atoms with Crippen molar-refractivity contribution in [2.45, 2.75) is 6.61 Å². The fourth-order valence-corrected chi connectivity index (χ4v) is 3.68. The Balaban J connectivity index is 1.54. The maximum atomic E-state index is 12.6. The van der Waals surface area contributed by atoms with Crippen LogP contribution >= 0.6 is 0 Å². The van der Waals surface area contributed by atoms with Crippen LogP contribution in [0.15, 0.2) is 103 Å². The molecule has 0 aromatic heterocycles. The van der Waals surface area contributed by atoms with Crippen LogP contribution in [0.3, 0.4) is 0 Å². The summed E-state index contributed by atoms with van der Waals surface area (Å²) in [6.07, 6.45) is 7.34. The summed E-state index contributed by atoms with van der Waals surface area (Å²) >= 11 is 0. The SMILES string of the molecule is COc1cc(/C=C/c2ccc(OCc3ccccc3)cc2)c(/C=C/C(=O)c2ccccc2)c(OC)c1. The van der Waals surface area contributed by atoms with E-state index in [2.05, 4.69) is 0 Å². The summed E-state index contributed by atoms with van der Waals surface area (Å²) in [6, 6.07) is 30.9. The van der Waals surface area contributed by atoms with E-state index >= 15 is 0 Å². The van der Waals surface area contributed by atoms with E-state index in [1.807, 2.05) is 97.1 Å². The Morgan fingerprint density at radius 2 is 1.42 bits per heavy atom. The van der Waals surface area contributed by atoms with Gasteiger partial charge in [-0.25, -0.2) is 0 Å². The molecule has 4 heteroatoms. The minimum atomic E-state index is -0.0745. The van der Waals surface area contributed by atoms with E-state index in [1.54, 1.807) is 38.5 Å². The van der Waals surface area contributed by atoms with Gasteiger partial charge in [-0.05, 0) is 47.0 Å². The van der Waals surface area contributed by atoms with Crippen molar-refractivity contribution in [2.75, 3.05) is 14.2 Å². The van der Waals surface area contributed by atoms with Crippen LogP contribution in [0.5, 0.6) is 17.2 Å². The molecule has 0 radical (unpaired) electrons. The molecule has 4 aromatic carbocycles. The molecule has 4 aromatic rings. The Bertz CT molecular complexity index is 1340. The zero-order chi connectivity index (χ0) is 25.2. The highest BCUT2D eigenvalue weighted by Gasteiger charge is 2.10. The topological polar surface area (TPSA) is 44.8 Å². The van der Waals surface area contributed by atoms with Crippen molar-refractivity contribution in [3.8, 4) is 17.2 Å². The number of hydrogen-bond acceptors (Lipinski definition) is 4. The lowest BCUT2D eigenvalue weighted by Crippen LogP contribution is -1.96. The molecule has 4 nitrogen and oxygen atoms in total. The lowest BCUT2D eigenvalue weighted by atomic mass is 10.0. The number of rotatable bonds is 10. The van der Waals surface area contributed by atoms with Crippen LogP contribution in [0, 0.1) is 0 Å². The van der Waals surface area contributed by atoms with Gasteiger partial charge in [-0.15, -0.1) is 0 Å². The van der Waals surface area contributed by atoms with Crippen LogP contribution in [-0.2, 0) is 6.61 Å². The quantitative estimate of drug-likeness (QED) is 0.136. The number of carbonyl (C=O) groups excluding carboxylic acids is 1. The molecule has 0 atom stereocenters. The van der Waals surface area contributed by atoms with Gasteiger partial charge in [0.15, 0.2) is 5.78 Å². The van der Waals surface area contributed by atoms with Gasteiger partial charge in [0.05, 0.1) is 14.2 Å². The minimum Gasteiger partial charge on any atom is -0.497 e.